The van der Waals surface area contributed by atoms with Gasteiger partial charge in [-0.1, -0.05) is 30.7 Å². The van der Waals surface area contributed by atoms with E-state index in [1.54, 1.807) is 12.1 Å². The van der Waals surface area contributed by atoms with Crippen molar-refractivity contribution in [3.05, 3.63) is 54.1 Å². The average Bonchev–Trinajstić information content (AvgIpc) is 2.46. The van der Waals surface area contributed by atoms with Gasteiger partial charge in [-0.2, -0.15) is 5.26 Å². The van der Waals surface area contributed by atoms with E-state index in [1.165, 1.54) is 0 Å². The van der Waals surface area contributed by atoms with Crippen LogP contribution >= 0.6 is 0 Å². The molecular weight excluding hydrogens is 262 g/mol. The number of esters is 1. The zero-order valence-corrected chi connectivity index (χ0v) is 11.6. The Labute approximate surface area is 123 Å². The van der Waals surface area contributed by atoms with Crippen molar-refractivity contribution in [3.63, 3.8) is 0 Å². The third kappa shape index (κ3) is 2.95. The Morgan fingerprint density at radius 2 is 1.57 bits per heavy atom. The van der Waals surface area contributed by atoms with Crippen LogP contribution in [0.15, 0.2) is 48.5 Å². The molecule has 1 fully saturated rings. The van der Waals surface area contributed by atoms with Gasteiger partial charge in [0.15, 0.2) is 0 Å². The van der Waals surface area contributed by atoms with E-state index >= 15 is 0 Å². The quantitative estimate of drug-likeness (QED) is 0.631. The number of hydrogen-bond acceptors (Lipinski definition) is 3. The number of hydrogen-bond donors (Lipinski definition) is 0. The van der Waals surface area contributed by atoms with E-state index in [0.717, 1.165) is 30.4 Å². The van der Waals surface area contributed by atoms with Gasteiger partial charge in [-0.3, -0.25) is 4.79 Å². The summed E-state index contributed by atoms with van der Waals surface area (Å²) >= 11 is 0. The number of nitriles is 1. The van der Waals surface area contributed by atoms with Crippen molar-refractivity contribution in [1.82, 2.24) is 0 Å². The summed E-state index contributed by atoms with van der Waals surface area (Å²) in [4.78, 5) is 11.8. The van der Waals surface area contributed by atoms with Crippen LogP contribution in [0.3, 0.4) is 0 Å². The Bertz CT molecular complexity index is 677. The van der Waals surface area contributed by atoms with Crippen molar-refractivity contribution in [2.45, 2.75) is 19.3 Å². The molecule has 0 unspecified atom stereocenters. The van der Waals surface area contributed by atoms with E-state index in [-0.39, 0.29) is 11.9 Å². The summed E-state index contributed by atoms with van der Waals surface area (Å²) in [6.07, 6.45) is 3.02. The van der Waals surface area contributed by atoms with Gasteiger partial charge in [-0.15, -0.1) is 0 Å². The largest absolute Gasteiger partial charge is 0.426 e. The zero-order chi connectivity index (χ0) is 14.7. The Balaban J connectivity index is 1.71. The molecule has 0 saturated heterocycles. The van der Waals surface area contributed by atoms with Gasteiger partial charge in [0, 0.05) is 0 Å². The van der Waals surface area contributed by atoms with Gasteiger partial charge in [-0.05, 0) is 48.2 Å². The molecule has 0 aliphatic heterocycles. The molecule has 0 atom stereocenters. The van der Waals surface area contributed by atoms with Gasteiger partial charge < -0.3 is 4.74 Å². The molecule has 1 aliphatic rings. The molecule has 0 radical (unpaired) electrons. The maximum Gasteiger partial charge on any atom is 0.314 e. The van der Waals surface area contributed by atoms with Gasteiger partial charge in [0.2, 0.25) is 0 Å². The Morgan fingerprint density at radius 3 is 2.05 bits per heavy atom. The van der Waals surface area contributed by atoms with Crippen molar-refractivity contribution in [2.75, 3.05) is 0 Å². The molecule has 0 heterocycles. The first kappa shape index (κ1) is 13.4. The van der Waals surface area contributed by atoms with E-state index < -0.39 is 0 Å². The first-order chi connectivity index (χ1) is 10.3. The molecule has 1 saturated carbocycles. The second-order valence-electron chi connectivity index (χ2n) is 5.26. The summed E-state index contributed by atoms with van der Waals surface area (Å²) in [6.45, 7) is 0. The monoisotopic (exact) mass is 277 g/mol. The van der Waals surface area contributed by atoms with Crippen molar-refractivity contribution < 1.29 is 9.53 Å². The zero-order valence-electron chi connectivity index (χ0n) is 11.6. The smallest absolute Gasteiger partial charge is 0.314 e. The van der Waals surface area contributed by atoms with Crippen LogP contribution in [0.25, 0.3) is 11.1 Å². The predicted octanol–water partition coefficient (Wildman–Crippen LogP) is 3.93. The highest BCUT2D eigenvalue weighted by molar-refractivity contribution is 5.76. The normalized spacial score (nSPS) is 14.0. The molecule has 1 aliphatic carbocycles. The van der Waals surface area contributed by atoms with Crippen molar-refractivity contribution in [3.8, 4) is 22.9 Å². The summed E-state index contributed by atoms with van der Waals surface area (Å²) in [5.41, 5.74) is 2.71. The first-order valence-corrected chi connectivity index (χ1v) is 7.08. The minimum atomic E-state index is -0.118. The summed E-state index contributed by atoms with van der Waals surface area (Å²) in [7, 11) is 0. The van der Waals surface area contributed by atoms with Crippen LogP contribution in [-0.2, 0) is 4.79 Å². The minimum absolute atomic E-state index is 0.0863. The van der Waals surface area contributed by atoms with Crippen molar-refractivity contribution >= 4 is 5.97 Å². The van der Waals surface area contributed by atoms with Crippen LogP contribution in [0.4, 0.5) is 0 Å². The number of benzene rings is 2. The lowest BCUT2D eigenvalue weighted by Gasteiger charge is -2.22. The highest BCUT2D eigenvalue weighted by Gasteiger charge is 2.26. The Morgan fingerprint density at radius 1 is 1.00 bits per heavy atom. The number of carbonyl (C=O) groups excluding carboxylic acids is 1. The number of rotatable bonds is 3. The number of carbonyl (C=O) groups is 1. The fourth-order valence-electron chi connectivity index (χ4n) is 2.30. The molecule has 0 aromatic heterocycles. The maximum atomic E-state index is 11.8. The van der Waals surface area contributed by atoms with Crippen LogP contribution in [0.1, 0.15) is 24.8 Å². The minimum Gasteiger partial charge on any atom is -0.426 e. The topological polar surface area (TPSA) is 50.1 Å². The van der Waals surface area contributed by atoms with Gasteiger partial charge in [0.25, 0.3) is 0 Å². The molecule has 0 amide bonds. The van der Waals surface area contributed by atoms with Gasteiger partial charge >= 0.3 is 5.97 Å². The molecular formula is C18H15NO2. The lowest BCUT2D eigenvalue weighted by atomic mass is 9.86. The summed E-state index contributed by atoms with van der Waals surface area (Å²) in [6, 6.07) is 17.0. The summed E-state index contributed by atoms with van der Waals surface area (Å²) in [5.74, 6) is 0.555. The SMILES string of the molecule is N#Cc1ccc(-c2ccc(OC(=O)C3CCC3)cc2)cc1. The van der Waals surface area contributed by atoms with Gasteiger partial charge in [0.1, 0.15) is 5.75 Å². The van der Waals surface area contributed by atoms with Crippen LogP contribution in [0.2, 0.25) is 0 Å². The van der Waals surface area contributed by atoms with E-state index in [1.807, 2.05) is 36.4 Å². The lowest BCUT2D eigenvalue weighted by Crippen LogP contribution is -2.26. The van der Waals surface area contributed by atoms with Crippen LogP contribution in [0, 0.1) is 17.2 Å². The number of nitrogens with zero attached hydrogens (tertiary/aromatic N) is 1. The molecule has 0 spiro atoms. The second kappa shape index (κ2) is 5.80. The average molecular weight is 277 g/mol. The molecule has 3 rings (SSSR count). The summed E-state index contributed by atoms with van der Waals surface area (Å²) in [5, 5.41) is 8.79. The fourth-order valence-corrected chi connectivity index (χ4v) is 2.30. The van der Waals surface area contributed by atoms with E-state index in [2.05, 4.69) is 6.07 Å². The van der Waals surface area contributed by atoms with Crippen LogP contribution in [0.5, 0.6) is 5.75 Å². The lowest BCUT2D eigenvalue weighted by molar-refractivity contribution is -0.141. The third-order valence-corrected chi connectivity index (χ3v) is 3.86. The van der Waals surface area contributed by atoms with Crippen molar-refractivity contribution in [2.24, 2.45) is 5.92 Å². The highest BCUT2D eigenvalue weighted by atomic mass is 16.5. The Kier molecular flexibility index (Phi) is 3.70. The number of ether oxygens (including phenoxy) is 1. The van der Waals surface area contributed by atoms with Crippen LogP contribution in [-0.4, -0.2) is 5.97 Å². The maximum absolute atomic E-state index is 11.8. The van der Waals surface area contributed by atoms with E-state index in [4.69, 9.17) is 10.00 Å². The molecule has 3 heteroatoms. The predicted molar refractivity (Wildman–Crippen MR) is 79.6 cm³/mol. The summed E-state index contributed by atoms with van der Waals surface area (Å²) < 4.78 is 5.36. The molecule has 0 bridgehead atoms. The highest BCUT2D eigenvalue weighted by Crippen LogP contribution is 2.29. The standard InChI is InChI=1S/C18H15NO2/c19-12-13-4-6-14(7-5-13)15-8-10-17(11-9-15)21-18(20)16-2-1-3-16/h4-11,16H,1-3H2. The molecule has 2 aromatic carbocycles. The third-order valence-electron chi connectivity index (χ3n) is 3.86. The molecule has 104 valence electrons. The molecule has 2 aromatic rings. The Hall–Kier alpha value is -2.60. The molecule has 3 nitrogen and oxygen atoms in total. The van der Waals surface area contributed by atoms with Gasteiger partial charge in [-0.25, -0.2) is 0 Å². The van der Waals surface area contributed by atoms with E-state index in [0.29, 0.717) is 11.3 Å². The molecule has 0 N–H and O–H groups in total. The second-order valence-corrected chi connectivity index (χ2v) is 5.26. The fraction of sp³-hybridized carbons (Fsp3) is 0.222. The van der Waals surface area contributed by atoms with E-state index in [9.17, 15) is 4.79 Å². The van der Waals surface area contributed by atoms with Gasteiger partial charge in [0.05, 0.1) is 17.6 Å². The molecule has 21 heavy (non-hydrogen) atoms. The van der Waals surface area contributed by atoms with Crippen molar-refractivity contribution in [1.29, 1.82) is 5.26 Å². The van der Waals surface area contributed by atoms with Crippen LogP contribution < -0.4 is 4.74 Å². The first-order valence-electron chi connectivity index (χ1n) is 7.08.